The van der Waals surface area contributed by atoms with E-state index in [0.717, 1.165) is 30.7 Å². The molecular weight excluding hydrogens is 641 g/mol. The van der Waals surface area contributed by atoms with Crippen LogP contribution in [0, 0.1) is 11.6 Å². The predicted molar refractivity (Wildman–Crippen MR) is 150 cm³/mol. The summed E-state index contributed by atoms with van der Waals surface area (Å²) in [7, 11) is 0. The lowest BCUT2D eigenvalue weighted by atomic mass is 9.97. The summed E-state index contributed by atoms with van der Waals surface area (Å²) < 4.78 is 114. The molecule has 1 N–H and O–H groups in total. The molecular formula is C31H27F7N4O5. The highest BCUT2D eigenvalue weighted by molar-refractivity contribution is 5.93. The Morgan fingerprint density at radius 1 is 1.15 bits per heavy atom. The zero-order valence-electron chi connectivity index (χ0n) is 24.7. The average Bonchev–Trinajstić information content (AvgIpc) is 3.32. The van der Waals surface area contributed by atoms with Crippen molar-refractivity contribution >= 4 is 17.0 Å². The summed E-state index contributed by atoms with van der Waals surface area (Å²) in [5.74, 6) is -4.21. The smallest absolute Gasteiger partial charge is 0.421 e. The van der Waals surface area contributed by atoms with Crippen molar-refractivity contribution in [3.8, 4) is 11.6 Å². The van der Waals surface area contributed by atoms with Crippen LogP contribution < -0.4 is 9.47 Å². The molecule has 1 saturated heterocycles. The minimum atomic E-state index is -4.85. The third-order valence-electron chi connectivity index (χ3n) is 8.31. The van der Waals surface area contributed by atoms with E-state index in [1.165, 1.54) is 6.07 Å². The van der Waals surface area contributed by atoms with Crippen molar-refractivity contribution in [2.24, 2.45) is 0 Å². The number of carboxylic acids is 1. The largest absolute Gasteiger partial charge is 0.478 e. The van der Waals surface area contributed by atoms with Gasteiger partial charge in [0.25, 0.3) is 0 Å². The molecule has 2 aromatic heterocycles. The number of fused-ring (bicyclic) bond motifs is 2. The number of nitrogens with zero attached hydrogens (tertiary/aromatic N) is 4. The number of hydrogen-bond donors (Lipinski definition) is 1. The number of rotatable bonds is 10. The molecule has 1 fully saturated rings. The molecule has 2 atom stereocenters. The van der Waals surface area contributed by atoms with Gasteiger partial charge in [-0.3, -0.25) is 4.90 Å². The van der Waals surface area contributed by atoms with Crippen LogP contribution in [-0.4, -0.2) is 56.4 Å². The molecule has 250 valence electrons. The van der Waals surface area contributed by atoms with Crippen molar-refractivity contribution in [2.75, 3.05) is 13.2 Å². The summed E-state index contributed by atoms with van der Waals surface area (Å²) in [5, 5.41) is 9.46. The zero-order valence-corrected chi connectivity index (χ0v) is 24.7. The minimum absolute atomic E-state index is 0.0186. The van der Waals surface area contributed by atoms with Crippen molar-refractivity contribution in [3.05, 3.63) is 81.8 Å². The summed E-state index contributed by atoms with van der Waals surface area (Å²) >= 11 is 0. The Hall–Kier alpha value is -4.44. The van der Waals surface area contributed by atoms with Gasteiger partial charge in [0.05, 0.1) is 42.0 Å². The van der Waals surface area contributed by atoms with Gasteiger partial charge in [0.2, 0.25) is 5.88 Å². The number of imidazole rings is 1. The number of halogens is 7. The van der Waals surface area contributed by atoms with E-state index >= 15 is 4.39 Å². The summed E-state index contributed by atoms with van der Waals surface area (Å²) in [5.41, 5.74) is -0.980. The summed E-state index contributed by atoms with van der Waals surface area (Å²) in [4.78, 5) is 22.3. The van der Waals surface area contributed by atoms with Gasteiger partial charge in [0.15, 0.2) is 5.82 Å². The highest BCUT2D eigenvalue weighted by atomic mass is 19.4. The van der Waals surface area contributed by atoms with Gasteiger partial charge in [-0.1, -0.05) is 0 Å². The van der Waals surface area contributed by atoms with E-state index < -0.39 is 65.8 Å². The van der Waals surface area contributed by atoms with Gasteiger partial charge >= 0.3 is 18.8 Å². The number of ether oxygens (including phenoxy) is 3. The second-order valence-electron chi connectivity index (χ2n) is 11.2. The molecule has 4 aromatic rings. The molecule has 0 spiro atoms. The third kappa shape index (κ3) is 6.56. The van der Waals surface area contributed by atoms with Gasteiger partial charge in [-0.05, 0) is 55.7 Å². The van der Waals surface area contributed by atoms with Gasteiger partial charge in [-0.2, -0.15) is 22.0 Å². The molecule has 16 heteroatoms. The first-order chi connectivity index (χ1) is 22.3. The highest BCUT2D eigenvalue weighted by Gasteiger charge is 2.39. The Labute approximate surface area is 262 Å². The van der Waals surface area contributed by atoms with Crippen LogP contribution >= 0.6 is 0 Å². The molecule has 0 radical (unpaired) electrons. The van der Waals surface area contributed by atoms with Crippen LogP contribution in [0.1, 0.15) is 58.0 Å². The van der Waals surface area contributed by atoms with E-state index in [-0.39, 0.29) is 47.9 Å². The second-order valence-corrected chi connectivity index (χ2v) is 11.2. The molecule has 0 saturated carbocycles. The third-order valence-corrected chi connectivity index (χ3v) is 8.31. The maximum atomic E-state index is 15.4. The van der Waals surface area contributed by atoms with E-state index in [9.17, 15) is 36.2 Å². The van der Waals surface area contributed by atoms with Gasteiger partial charge in [0.1, 0.15) is 35.1 Å². The van der Waals surface area contributed by atoms with Crippen molar-refractivity contribution in [1.29, 1.82) is 0 Å². The fourth-order valence-corrected chi connectivity index (χ4v) is 5.77. The van der Waals surface area contributed by atoms with Crippen LogP contribution in [0.4, 0.5) is 30.7 Å². The molecule has 4 heterocycles. The predicted octanol–water partition coefficient (Wildman–Crippen LogP) is 6.52. The maximum Gasteiger partial charge on any atom is 0.421 e. The van der Waals surface area contributed by atoms with E-state index in [4.69, 9.17) is 9.47 Å². The number of carbonyl (C=O) groups is 1. The maximum absolute atomic E-state index is 15.4. The van der Waals surface area contributed by atoms with Gasteiger partial charge in [0, 0.05) is 24.8 Å². The van der Waals surface area contributed by atoms with Crippen molar-refractivity contribution in [2.45, 2.75) is 64.4 Å². The topological polar surface area (TPSA) is 98.9 Å². The summed E-state index contributed by atoms with van der Waals surface area (Å²) in [6.07, 6.45) is -4.17. The standard InChI is InChI=1S/C31H27F7N4O5/c1-15-26-16(10-21(31(36,37)38)28(40-26)46-14-17-2-3-18(11-22(17)32)47-30(34)35)6-8-41(15)13-24-39-23-5-4-20(29(43)44)25(33)27(23)42(24)12-19-7-9-45-19/h2-5,10-11,15,19,30H,6-9,12-14H2,1H3,(H,43,44)/t15-,19-/m0/s1. The number of aromatic carboxylic acids is 1. The molecule has 2 aliphatic rings. The average molecular weight is 669 g/mol. The molecule has 0 aliphatic carbocycles. The lowest BCUT2D eigenvalue weighted by Gasteiger charge is -2.35. The second kappa shape index (κ2) is 12.6. The molecule has 0 amide bonds. The minimum Gasteiger partial charge on any atom is -0.478 e. The first-order valence-corrected chi connectivity index (χ1v) is 14.5. The van der Waals surface area contributed by atoms with Crippen molar-refractivity contribution in [3.63, 3.8) is 0 Å². The lowest BCUT2D eigenvalue weighted by Crippen LogP contribution is -2.36. The monoisotopic (exact) mass is 668 g/mol. The Kier molecular flexibility index (Phi) is 8.74. The molecule has 6 rings (SSSR count). The van der Waals surface area contributed by atoms with Crippen LogP contribution in [0.15, 0.2) is 36.4 Å². The quantitative estimate of drug-likeness (QED) is 0.191. The Balaban J connectivity index is 1.29. The van der Waals surface area contributed by atoms with Gasteiger partial charge < -0.3 is 23.9 Å². The zero-order chi connectivity index (χ0) is 33.6. The number of hydrogen-bond acceptors (Lipinski definition) is 7. The Morgan fingerprint density at radius 2 is 1.91 bits per heavy atom. The van der Waals surface area contributed by atoms with Crippen LogP contribution in [0.5, 0.6) is 11.6 Å². The molecule has 0 unspecified atom stereocenters. The number of alkyl halides is 5. The number of aromatic nitrogens is 3. The lowest BCUT2D eigenvalue weighted by molar-refractivity contribution is -0.139. The molecule has 2 aromatic carbocycles. The number of carboxylic acid groups (broad SMARTS) is 1. The Bertz CT molecular complexity index is 1830. The molecule has 9 nitrogen and oxygen atoms in total. The summed E-state index contributed by atoms with van der Waals surface area (Å²) in [6, 6.07) is 5.72. The van der Waals surface area contributed by atoms with Crippen LogP contribution in [0.2, 0.25) is 0 Å². The SMILES string of the molecule is C[C@H]1c2nc(OCc3ccc(OC(F)F)cc3F)c(C(F)(F)F)cc2CCN1Cc1nc2ccc(C(=O)O)c(F)c2n1C[C@@H]1CCO1. The van der Waals surface area contributed by atoms with Crippen molar-refractivity contribution in [1.82, 2.24) is 19.4 Å². The normalized spacial score (nSPS) is 18.3. The first-order valence-electron chi connectivity index (χ1n) is 14.5. The summed E-state index contributed by atoms with van der Waals surface area (Å²) in [6.45, 7) is -0.940. The fourth-order valence-electron chi connectivity index (χ4n) is 5.77. The molecule has 0 bridgehead atoms. The number of benzene rings is 2. The van der Waals surface area contributed by atoms with E-state index in [1.807, 2.05) is 4.90 Å². The Morgan fingerprint density at radius 3 is 2.55 bits per heavy atom. The van der Waals surface area contributed by atoms with E-state index in [1.54, 1.807) is 11.5 Å². The van der Waals surface area contributed by atoms with Crippen LogP contribution in [-0.2, 0) is 37.0 Å². The first kappa shape index (κ1) is 32.5. The van der Waals surface area contributed by atoms with Crippen LogP contribution in [0.25, 0.3) is 11.0 Å². The van der Waals surface area contributed by atoms with E-state index in [0.29, 0.717) is 30.6 Å². The van der Waals surface area contributed by atoms with E-state index in [2.05, 4.69) is 14.7 Å². The highest BCUT2D eigenvalue weighted by Crippen LogP contribution is 2.40. The fraction of sp³-hybridized carbons (Fsp3) is 0.387. The van der Waals surface area contributed by atoms with Crippen LogP contribution in [0.3, 0.4) is 0 Å². The van der Waals surface area contributed by atoms with Gasteiger partial charge in [-0.25, -0.2) is 23.5 Å². The number of pyridine rings is 1. The molecule has 47 heavy (non-hydrogen) atoms. The van der Waals surface area contributed by atoms with Gasteiger partial charge in [-0.15, -0.1) is 0 Å². The van der Waals surface area contributed by atoms with Crippen molar-refractivity contribution < 1.29 is 54.8 Å². The molecule has 2 aliphatic heterocycles.